The summed E-state index contributed by atoms with van der Waals surface area (Å²) in [4.78, 5) is 20.4. The number of ether oxygens (including phenoxy) is 3. The Labute approximate surface area is 204 Å². The molecule has 1 saturated carbocycles. The second kappa shape index (κ2) is 9.71. The number of benzene rings is 1. The van der Waals surface area contributed by atoms with Crippen molar-refractivity contribution in [3.8, 4) is 34.0 Å². The summed E-state index contributed by atoms with van der Waals surface area (Å²) in [7, 11) is 3.23. The molecule has 8 nitrogen and oxygen atoms in total. The Morgan fingerprint density at radius 3 is 2.71 bits per heavy atom. The molecule has 0 radical (unpaired) electrons. The number of rotatable bonds is 9. The molecule has 8 heteroatoms. The van der Waals surface area contributed by atoms with E-state index in [1.165, 1.54) is 0 Å². The minimum atomic E-state index is -0.918. The lowest BCUT2D eigenvalue weighted by Crippen LogP contribution is -2.28. The molecule has 0 aliphatic heterocycles. The van der Waals surface area contributed by atoms with Gasteiger partial charge in [0.2, 0.25) is 0 Å². The normalized spacial score (nSPS) is 15.6. The van der Waals surface area contributed by atoms with E-state index in [1.54, 1.807) is 14.2 Å². The highest BCUT2D eigenvalue weighted by Gasteiger charge is 2.34. The summed E-state index contributed by atoms with van der Waals surface area (Å²) in [6.45, 7) is 0.913. The van der Waals surface area contributed by atoms with E-state index in [2.05, 4.69) is 4.98 Å². The highest BCUT2D eigenvalue weighted by atomic mass is 16.5. The molecule has 0 spiro atoms. The molecule has 0 amide bonds. The maximum absolute atomic E-state index is 12.3. The van der Waals surface area contributed by atoms with Crippen molar-refractivity contribution in [2.45, 2.75) is 38.1 Å². The van der Waals surface area contributed by atoms with E-state index < -0.39 is 5.97 Å². The number of aromatic nitrogens is 2. The topological polar surface area (TPSA) is 120 Å². The Hall–Kier alpha value is -3.36. The van der Waals surface area contributed by atoms with Gasteiger partial charge in [-0.3, -0.25) is 4.98 Å². The second-order valence-corrected chi connectivity index (χ2v) is 9.22. The van der Waals surface area contributed by atoms with Gasteiger partial charge in [0, 0.05) is 36.2 Å². The second-order valence-electron chi connectivity index (χ2n) is 9.22. The Bertz CT molecular complexity index is 1250. The largest absolute Gasteiger partial charge is 0.493 e. The number of carboxylic acids is 1. The van der Waals surface area contributed by atoms with Crippen molar-refractivity contribution in [1.82, 2.24) is 9.97 Å². The molecule has 1 atom stereocenters. The van der Waals surface area contributed by atoms with Crippen LogP contribution in [0, 0.1) is 5.92 Å². The molecule has 1 unspecified atom stereocenters. The van der Waals surface area contributed by atoms with Gasteiger partial charge in [-0.2, -0.15) is 0 Å². The third kappa shape index (κ3) is 4.28. The maximum atomic E-state index is 12.3. The molecule has 2 heterocycles. The zero-order chi connectivity index (χ0) is 24.5. The minimum absolute atomic E-state index is 0.292. The lowest BCUT2D eigenvalue weighted by molar-refractivity contribution is 0.0693. The summed E-state index contributed by atoms with van der Waals surface area (Å²) in [5.41, 5.74) is 13.0. The molecular weight excluding hydrogens is 446 g/mol. The van der Waals surface area contributed by atoms with Gasteiger partial charge in [-0.1, -0.05) is 6.42 Å². The third-order valence-electron chi connectivity index (χ3n) is 7.24. The number of carbonyl (C=O) groups is 1. The van der Waals surface area contributed by atoms with E-state index in [9.17, 15) is 9.90 Å². The first-order valence-electron chi connectivity index (χ1n) is 12.0. The number of methoxy groups -OCH3 is 2. The van der Waals surface area contributed by atoms with Gasteiger partial charge in [-0.25, -0.2) is 4.79 Å². The molecular formula is C27H31N3O5. The molecule has 5 rings (SSSR count). The van der Waals surface area contributed by atoms with Gasteiger partial charge in [0.1, 0.15) is 6.61 Å². The lowest BCUT2D eigenvalue weighted by atomic mass is 9.78. The van der Waals surface area contributed by atoms with Crippen molar-refractivity contribution < 1.29 is 24.1 Å². The molecule has 0 bridgehead atoms. The van der Waals surface area contributed by atoms with Crippen molar-refractivity contribution in [1.29, 1.82) is 0 Å². The molecule has 4 N–H and O–H groups in total. The standard InChI is InChI=1S/C27H31N3O5/c1-33-10-11-35-21-9-7-16(12-22(21)34-2)20-13-19-17(14-29-20)6-8-18-23(27(31)32)26(30-25(18)19)24(28)15-4-3-5-15/h7,9,12-15,24,30H,3-6,8,10-11,28H2,1-2H3,(H,31,32). The molecule has 35 heavy (non-hydrogen) atoms. The first-order valence-corrected chi connectivity index (χ1v) is 12.0. The van der Waals surface area contributed by atoms with Crippen LogP contribution in [0.5, 0.6) is 11.5 Å². The van der Waals surface area contributed by atoms with Crippen LogP contribution >= 0.6 is 0 Å². The number of hydrogen-bond acceptors (Lipinski definition) is 6. The van der Waals surface area contributed by atoms with Crippen molar-refractivity contribution in [2.75, 3.05) is 27.4 Å². The number of H-pyrrole nitrogens is 1. The quantitative estimate of drug-likeness (QED) is 0.391. The highest BCUT2D eigenvalue weighted by Crippen LogP contribution is 2.43. The lowest BCUT2D eigenvalue weighted by Gasteiger charge is -2.31. The van der Waals surface area contributed by atoms with Crippen LogP contribution in [0.15, 0.2) is 30.5 Å². The SMILES string of the molecule is COCCOc1ccc(-c2cc3c(cn2)CCc2c-3[nH]c(C(N)C3CCC3)c2C(=O)O)cc1OC. The summed E-state index contributed by atoms with van der Waals surface area (Å²) < 4.78 is 16.3. The van der Waals surface area contributed by atoms with Crippen LogP contribution in [0.25, 0.3) is 22.5 Å². The number of aryl methyl sites for hydroxylation is 1. The number of carboxylic acid groups (broad SMARTS) is 1. The smallest absolute Gasteiger partial charge is 0.337 e. The van der Waals surface area contributed by atoms with E-state index in [4.69, 9.17) is 24.9 Å². The van der Waals surface area contributed by atoms with Crippen molar-refractivity contribution >= 4 is 5.97 Å². The summed E-state index contributed by atoms with van der Waals surface area (Å²) in [6, 6.07) is 7.44. The van der Waals surface area contributed by atoms with Crippen LogP contribution in [0.4, 0.5) is 0 Å². The Morgan fingerprint density at radius 2 is 2.03 bits per heavy atom. The number of nitrogens with zero attached hydrogens (tertiary/aromatic N) is 1. The summed E-state index contributed by atoms with van der Waals surface area (Å²) >= 11 is 0. The molecule has 0 saturated heterocycles. The monoisotopic (exact) mass is 477 g/mol. The van der Waals surface area contributed by atoms with Crippen LogP contribution in [-0.4, -0.2) is 48.5 Å². The van der Waals surface area contributed by atoms with Crippen LogP contribution in [0.2, 0.25) is 0 Å². The average Bonchev–Trinajstić information content (AvgIpc) is 3.23. The number of nitrogens with one attached hydrogen (secondary N) is 1. The van der Waals surface area contributed by atoms with Gasteiger partial charge in [0.15, 0.2) is 11.5 Å². The summed E-state index contributed by atoms with van der Waals surface area (Å²) in [6.07, 6.45) is 6.51. The van der Waals surface area contributed by atoms with E-state index in [0.717, 1.165) is 59.3 Å². The number of nitrogens with two attached hydrogens (primary N) is 1. The van der Waals surface area contributed by atoms with Gasteiger partial charge >= 0.3 is 5.97 Å². The molecule has 1 fully saturated rings. The van der Waals surface area contributed by atoms with E-state index in [0.29, 0.717) is 48.3 Å². The first-order chi connectivity index (χ1) is 17.0. The summed E-state index contributed by atoms with van der Waals surface area (Å²) in [5, 5.41) is 10.1. The van der Waals surface area contributed by atoms with E-state index >= 15 is 0 Å². The number of pyridine rings is 1. The molecule has 184 valence electrons. The molecule has 2 aliphatic rings. The van der Waals surface area contributed by atoms with Crippen LogP contribution in [0.3, 0.4) is 0 Å². The number of fused-ring (bicyclic) bond motifs is 3. The number of hydrogen-bond donors (Lipinski definition) is 3. The average molecular weight is 478 g/mol. The third-order valence-corrected chi connectivity index (χ3v) is 7.24. The van der Waals surface area contributed by atoms with Crippen molar-refractivity contribution in [3.63, 3.8) is 0 Å². The van der Waals surface area contributed by atoms with Crippen LogP contribution in [0.1, 0.15) is 52.5 Å². The van der Waals surface area contributed by atoms with E-state index in [-0.39, 0.29) is 6.04 Å². The minimum Gasteiger partial charge on any atom is -0.493 e. The molecule has 3 aromatic rings. The fraction of sp³-hybridized carbons (Fsp3) is 0.407. The molecule has 2 aromatic heterocycles. The Kier molecular flexibility index (Phi) is 6.49. The number of aromatic amines is 1. The van der Waals surface area contributed by atoms with Crippen molar-refractivity contribution in [3.05, 3.63) is 52.8 Å². The first kappa shape index (κ1) is 23.4. The predicted octanol–water partition coefficient (Wildman–Crippen LogP) is 4.37. The maximum Gasteiger partial charge on any atom is 0.337 e. The fourth-order valence-corrected chi connectivity index (χ4v) is 5.08. The van der Waals surface area contributed by atoms with Gasteiger partial charge in [0.25, 0.3) is 0 Å². The molecule has 2 aliphatic carbocycles. The van der Waals surface area contributed by atoms with Gasteiger partial charge in [0.05, 0.1) is 30.7 Å². The van der Waals surface area contributed by atoms with Gasteiger partial charge in [-0.05, 0) is 67.0 Å². The fourth-order valence-electron chi connectivity index (χ4n) is 5.08. The zero-order valence-electron chi connectivity index (χ0n) is 20.1. The van der Waals surface area contributed by atoms with Crippen molar-refractivity contribution in [2.24, 2.45) is 11.7 Å². The highest BCUT2D eigenvalue weighted by molar-refractivity contribution is 5.95. The van der Waals surface area contributed by atoms with E-state index in [1.807, 2.05) is 30.5 Å². The zero-order valence-corrected chi connectivity index (χ0v) is 20.1. The Balaban J connectivity index is 1.53. The van der Waals surface area contributed by atoms with Crippen LogP contribution < -0.4 is 15.2 Å². The van der Waals surface area contributed by atoms with Crippen LogP contribution in [-0.2, 0) is 17.6 Å². The number of aromatic carboxylic acids is 1. The van der Waals surface area contributed by atoms with Gasteiger partial charge < -0.3 is 30.0 Å². The molecule has 1 aromatic carbocycles. The summed E-state index contributed by atoms with van der Waals surface area (Å²) in [5.74, 6) is 0.663. The van der Waals surface area contributed by atoms with Gasteiger partial charge in [-0.15, -0.1) is 0 Å². The predicted molar refractivity (Wildman–Crippen MR) is 132 cm³/mol. The Morgan fingerprint density at radius 1 is 1.20 bits per heavy atom.